The van der Waals surface area contributed by atoms with E-state index in [2.05, 4.69) is 16.7 Å². The number of benzene rings is 3. The van der Waals surface area contributed by atoms with Gasteiger partial charge in [0.25, 0.3) is 5.91 Å². The molecule has 0 aliphatic rings. The molecule has 0 saturated carbocycles. The van der Waals surface area contributed by atoms with Crippen LogP contribution in [0.4, 0.5) is 5.82 Å². The van der Waals surface area contributed by atoms with E-state index in [4.69, 9.17) is 4.98 Å². The van der Waals surface area contributed by atoms with E-state index in [-0.39, 0.29) is 6.42 Å². The van der Waals surface area contributed by atoms with Gasteiger partial charge in [0.05, 0.1) is 11.6 Å². The highest BCUT2D eigenvalue weighted by Crippen LogP contribution is 2.30. The standard InChI is InChI=1S/C31H25N5O3/c32-19-22-11-13-24(14-12-22)28-29(33-20-23-9-5-2-6-10-23)36-16-15-25(18-27(36)35-28)30(37)34-26(31(38)39)17-21-7-3-1-4-8-21/h1-16,18,26,33H,17,20H2,(H,34,37)(H,38,39). The number of aliphatic carboxylic acids is 1. The van der Waals surface area contributed by atoms with E-state index in [9.17, 15) is 20.0 Å². The minimum atomic E-state index is -1.11. The number of nitrogens with one attached hydrogen (secondary N) is 2. The van der Waals surface area contributed by atoms with Crippen molar-refractivity contribution in [3.8, 4) is 17.3 Å². The van der Waals surface area contributed by atoms with E-state index < -0.39 is 17.9 Å². The second kappa shape index (κ2) is 11.3. The molecular formula is C31H25N5O3. The summed E-state index contributed by atoms with van der Waals surface area (Å²) in [5.74, 6) is -0.870. The predicted octanol–water partition coefficient (Wildman–Crippen LogP) is 4.91. The van der Waals surface area contributed by atoms with Gasteiger partial charge in [-0.3, -0.25) is 9.20 Å². The van der Waals surface area contributed by atoms with E-state index in [0.717, 1.165) is 22.5 Å². The number of carboxylic acid groups (broad SMARTS) is 1. The summed E-state index contributed by atoms with van der Waals surface area (Å²) in [6.45, 7) is 0.555. The molecular weight excluding hydrogens is 490 g/mol. The first-order chi connectivity index (χ1) is 19.0. The van der Waals surface area contributed by atoms with Crippen LogP contribution in [0, 0.1) is 11.3 Å². The van der Waals surface area contributed by atoms with Crippen molar-refractivity contribution in [1.29, 1.82) is 5.26 Å². The van der Waals surface area contributed by atoms with Gasteiger partial charge in [-0.1, -0.05) is 72.8 Å². The van der Waals surface area contributed by atoms with Gasteiger partial charge in [0.2, 0.25) is 0 Å². The van der Waals surface area contributed by atoms with Gasteiger partial charge in [0.15, 0.2) is 0 Å². The van der Waals surface area contributed by atoms with Crippen molar-refractivity contribution < 1.29 is 14.7 Å². The maximum Gasteiger partial charge on any atom is 0.326 e. The number of imidazole rings is 1. The molecule has 5 aromatic rings. The molecule has 3 aromatic carbocycles. The van der Waals surface area contributed by atoms with Crippen LogP contribution in [0.3, 0.4) is 0 Å². The van der Waals surface area contributed by atoms with Crippen LogP contribution in [0.1, 0.15) is 27.0 Å². The Morgan fingerprint density at radius 2 is 1.59 bits per heavy atom. The second-order valence-electron chi connectivity index (χ2n) is 9.03. The van der Waals surface area contributed by atoms with Crippen molar-refractivity contribution >= 4 is 23.3 Å². The Balaban J connectivity index is 1.46. The highest BCUT2D eigenvalue weighted by atomic mass is 16.4. The third kappa shape index (κ3) is 5.78. The molecule has 0 aliphatic heterocycles. The van der Waals surface area contributed by atoms with Crippen molar-refractivity contribution in [3.05, 3.63) is 126 Å². The Labute approximate surface area is 225 Å². The Kier molecular flexibility index (Phi) is 7.32. The number of carboxylic acids is 1. The number of pyridine rings is 1. The van der Waals surface area contributed by atoms with Crippen LogP contribution in [0.2, 0.25) is 0 Å². The Morgan fingerprint density at radius 1 is 0.923 bits per heavy atom. The third-order valence-electron chi connectivity index (χ3n) is 6.36. The molecule has 2 aromatic heterocycles. The largest absolute Gasteiger partial charge is 0.480 e. The van der Waals surface area contributed by atoms with Crippen LogP contribution in [0.15, 0.2) is 103 Å². The highest BCUT2D eigenvalue weighted by Gasteiger charge is 2.22. The number of fused-ring (bicyclic) bond motifs is 1. The average Bonchev–Trinajstić information content (AvgIpc) is 3.34. The molecule has 0 saturated heterocycles. The van der Waals surface area contributed by atoms with Crippen LogP contribution in [0.25, 0.3) is 16.9 Å². The second-order valence-corrected chi connectivity index (χ2v) is 9.03. The number of nitrogens with zero attached hydrogens (tertiary/aromatic N) is 3. The summed E-state index contributed by atoms with van der Waals surface area (Å²) >= 11 is 0. The zero-order valence-electron chi connectivity index (χ0n) is 20.9. The molecule has 1 amide bonds. The van der Waals surface area contributed by atoms with E-state index in [1.807, 2.05) is 77.2 Å². The van der Waals surface area contributed by atoms with Gasteiger partial charge in [-0.25, -0.2) is 9.78 Å². The van der Waals surface area contributed by atoms with E-state index >= 15 is 0 Å². The van der Waals surface area contributed by atoms with Crippen LogP contribution >= 0.6 is 0 Å². The van der Waals surface area contributed by atoms with Crippen molar-refractivity contribution in [1.82, 2.24) is 14.7 Å². The number of amides is 1. The van der Waals surface area contributed by atoms with Crippen molar-refractivity contribution in [3.63, 3.8) is 0 Å². The molecule has 1 unspecified atom stereocenters. The average molecular weight is 516 g/mol. The van der Waals surface area contributed by atoms with Crippen LogP contribution < -0.4 is 10.6 Å². The summed E-state index contributed by atoms with van der Waals surface area (Å²) in [5, 5.41) is 25.0. The van der Waals surface area contributed by atoms with E-state index in [0.29, 0.717) is 29.0 Å². The van der Waals surface area contributed by atoms with E-state index in [1.165, 1.54) is 0 Å². The first-order valence-corrected chi connectivity index (χ1v) is 12.4. The third-order valence-corrected chi connectivity index (χ3v) is 6.36. The lowest BCUT2D eigenvalue weighted by Crippen LogP contribution is -2.42. The molecule has 0 aliphatic carbocycles. The molecule has 2 heterocycles. The normalized spacial score (nSPS) is 11.5. The number of aromatic nitrogens is 2. The molecule has 39 heavy (non-hydrogen) atoms. The van der Waals surface area contributed by atoms with Crippen LogP contribution in [-0.4, -0.2) is 32.4 Å². The van der Waals surface area contributed by atoms with Gasteiger partial charge in [-0.15, -0.1) is 0 Å². The van der Waals surface area contributed by atoms with Crippen molar-refractivity contribution in [2.45, 2.75) is 19.0 Å². The molecule has 8 heteroatoms. The first kappa shape index (κ1) is 25.2. The predicted molar refractivity (Wildman–Crippen MR) is 148 cm³/mol. The fraction of sp³-hybridized carbons (Fsp3) is 0.0968. The summed E-state index contributed by atoms with van der Waals surface area (Å²) in [4.78, 5) is 29.7. The minimum absolute atomic E-state index is 0.171. The SMILES string of the molecule is N#Cc1ccc(-c2nc3cc(C(=O)NC(Cc4ccccc4)C(=O)O)ccn3c2NCc2ccccc2)cc1. The number of hydrogen-bond donors (Lipinski definition) is 3. The molecule has 192 valence electrons. The maximum atomic E-state index is 13.1. The number of anilines is 1. The van der Waals surface area contributed by atoms with Gasteiger partial charge < -0.3 is 15.7 Å². The summed E-state index contributed by atoms with van der Waals surface area (Å²) in [6.07, 6.45) is 1.91. The number of carbonyl (C=O) groups excluding carboxylic acids is 1. The topological polar surface area (TPSA) is 120 Å². The molecule has 3 N–H and O–H groups in total. The molecule has 1 atom stereocenters. The molecule has 0 bridgehead atoms. The lowest BCUT2D eigenvalue weighted by atomic mass is 10.1. The fourth-order valence-electron chi connectivity index (χ4n) is 4.33. The summed E-state index contributed by atoms with van der Waals surface area (Å²) in [7, 11) is 0. The fourth-order valence-corrected chi connectivity index (χ4v) is 4.33. The number of hydrogen-bond acceptors (Lipinski definition) is 5. The summed E-state index contributed by atoms with van der Waals surface area (Å²) in [5.41, 5.74) is 4.75. The number of nitriles is 1. The van der Waals surface area contributed by atoms with Gasteiger partial charge in [0, 0.05) is 30.3 Å². The molecule has 5 rings (SSSR count). The minimum Gasteiger partial charge on any atom is -0.480 e. The molecule has 0 fully saturated rings. The van der Waals surface area contributed by atoms with Gasteiger partial charge in [0.1, 0.15) is 23.2 Å². The lowest BCUT2D eigenvalue weighted by Gasteiger charge is -2.15. The quantitative estimate of drug-likeness (QED) is 0.257. The Bertz CT molecular complexity index is 1660. The zero-order valence-corrected chi connectivity index (χ0v) is 20.9. The van der Waals surface area contributed by atoms with E-state index in [1.54, 1.807) is 30.5 Å². The molecule has 0 radical (unpaired) electrons. The Hall–Kier alpha value is -5.42. The zero-order chi connectivity index (χ0) is 27.2. The summed E-state index contributed by atoms with van der Waals surface area (Å²) in [6, 6.07) is 30.6. The van der Waals surface area contributed by atoms with Crippen molar-refractivity contribution in [2.75, 3.05) is 5.32 Å². The molecule has 8 nitrogen and oxygen atoms in total. The number of rotatable bonds is 9. The maximum absolute atomic E-state index is 13.1. The first-order valence-electron chi connectivity index (χ1n) is 12.4. The Morgan fingerprint density at radius 3 is 2.23 bits per heavy atom. The smallest absolute Gasteiger partial charge is 0.326 e. The van der Waals surface area contributed by atoms with Gasteiger partial charge in [-0.2, -0.15) is 5.26 Å². The molecule has 0 spiro atoms. The lowest BCUT2D eigenvalue weighted by molar-refractivity contribution is -0.139. The van der Waals surface area contributed by atoms with Crippen LogP contribution in [0.5, 0.6) is 0 Å². The van der Waals surface area contributed by atoms with Gasteiger partial charge >= 0.3 is 5.97 Å². The highest BCUT2D eigenvalue weighted by molar-refractivity contribution is 5.97. The van der Waals surface area contributed by atoms with Crippen molar-refractivity contribution in [2.24, 2.45) is 0 Å². The van der Waals surface area contributed by atoms with Gasteiger partial charge in [-0.05, 0) is 35.4 Å². The van der Waals surface area contributed by atoms with Crippen LogP contribution in [-0.2, 0) is 17.8 Å². The monoisotopic (exact) mass is 515 g/mol. The summed E-state index contributed by atoms with van der Waals surface area (Å²) < 4.78 is 1.85. The number of carbonyl (C=O) groups is 2.